The molecule has 5 nitrogen and oxygen atoms in total. The van der Waals surface area contributed by atoms with E-state index in [-0.39, 0.29) is 11.9 Å². The predicted octanol–water partition coefficient (Wildman–Crippen LogP) is 14.6. The van der Waals surface area contributed by atoms with Gasteiger partial charge >= 0.3 is 8.56 Å². The first kappa shape index (κ1) is 48.5. The van der Waals surface area contributed by atoms with E-state index in [0.29, 0.717) is 18.9 Å². The fourth-order valence-corrected chi connectivity index (χ4v) is 8.97. The molecule has 0 aliphatic carbocycles. The Kier molecular flexibility index (Phi) is 37.5. The van der Waals surface area contributed by atoms with Gasteiger partial charge in [-0.2, -0.15) is 5.26 Å². The highest BCUT2D eigenvalue weighted by atomic mass is 32.2. The lowest BCUT2D eigenvalue weighted by atomic mass is 10.1. The van der Waals surface area contributed by atoms with Crippen LogP contribution in [0.4, 0.5) is 0 Å². The number of nitrogens with zero attached hydrogens (tertiary/aromatic N) is 1. The Balaban J connectivity index is 4.21. The van der Waals surface area contributed by atoms with Crippen LogP contribution in [0.15, 0.2) is 24.3 Å². The van der Waals surface area contributed by atoms with Crippen LogP contribution in [-0.2, 0) is 18.4 Å². The van der Waals surface area contributed by atoms with Crippen LogP contribution >= 0.6 is 11.8 Å². The fourth-order valence-electron chi connectivity index (χ4n) is 6.23. The monoisotopic (exact) mass is 734 g/mol. The number of carbonyl (C=O) groups excluding carboxylic acids is 2. The first-order valence-corrected chi connectivity index (χ1v) is 24.7. The van der Waals surface area contributed by atoms with Crippen LogP contribution in [0.3, 0.4) is 0 Å². The van der Waals surface area contributed by atoms with E-state index in [1.165, 1.54) is 127 Å². The maximum Gasteiger partial charge on any atom is 0.461 e. The van der Waals surface area contributed by atoms with Crippen LogP contribution in [-0.4, -0.2) is 26.3 Å². The molecule has 0 N–H and O–H groups in total. The number of hydrogen-bond donors (Lipinski definition) is 0. The molecule has 0 atom stereocenters. The lowest BCUT2D eigenvalue weighted by Gasteiger charge is -2.26. The van der Waals surface area contributed by atoms with Gasteiger partial charge in [0.15, 0.2) is 0 Å². The Labute approximate surface area is 315 Å². The third-order valence-electron chi connectivity index (χ3n) is 9.39. The highest BCUT2D eigenvalue weighted by molar-refractivity contribution is 8.03. The van der Waals surface area contributed by atoms with E-state index in [9.17, 15) is 9.59 Å². The van der Waals surface area contributed by atoms with Crippen molar-refractivity contribution in [3.05, 3.63) is 24.3 Å². The average Bonchev–Trinajstić information content (AvgIpc) is 3.09. The van der Waals surface area contributed by atoms with E-state index in [1.54, 1.807) is 0 Å². The summed E-state index contributed by atoms with van der Waals surface area (Å²) in [5.74, 6) is 0.371. The standard InChI is InChI=1S/C43H79NO4SSi/c1-4-6-8-10-12-14-16-18-20-22-24-26-28-30-33-37-42(45)47-50(3,40-36-32-35-39-49-41-44)48-43(46)38-34-31-29-27-25-23-21-19-17-15-13-11-9-7-5-2/h18-21H,4-17,22-40H2,1-3H3/b20-18-,21-19-. The molecule has 50 heavy (non-hydrogen) atoms. The third kappa shape index (κ3) is 36.3. The van der Waals surface area contributed by atoms with E-state index in [1.807, 2.05) is 6.55 Å². The normalized spacial score (nSPS) is 11.8. The van der Waals surface area contributed by atoms with Crippen LogP contribution in [0.1, 0.15) is 213 Å². The van der Waals surface area contributed by atoms with Crippen molar-refractivity contribution in [2.45, 2.75) is 225 Å². The number of nitriles is 1. The Morgan fingerprint density at radius 3 is 1.24 bits per heavy atom. The van der Waals surface area contributed by atoms with Crippen LogP contribution in [0, 0.1) is 10.7 Å². The first-order valence-electron chi connectivity index (χ1n) is 21.2. The molecular formula is C43H79NO4SSi. The lowest BCUT2D eigenvalue weighted by molar-refractivity contribution is -0.141. The quantitative estimate of drug-likeness (QED) is 0.0272. The topological polar surface area (TPSA) is 76.4 Å². The van der Waals surface area contributed by atoms with Crippen molar-refractivity contribution in [1.29, 1.82) is 5.26 Å². The van der Waals surface area contributed by atoms with E-state index >= 15 is 0 Å². The summed E-state index contributed by atoms with van der Waals surface area (Å²) >= 11 is 1.27. The Morgan fingerprint density at radius 1 is 0.520 bits per heavy atom. The van der Waals surface area contributed by atoms with Gasteiger partial charge in [0.25, 0.3) is 11.9 Å². The second-order valence-electron chi connectivity index (χ2n) is 14.5. The largest absolute Gasteiger partial charge is 0.485 e. The van der Waals surface area contributed by atoms with Crippen molar-refractivity contribution in [1.82, 2.24) is 0 Å². The van der Waals surface area contributed by atoms with E-state index in [2.05, 4.69) is 43.6 Å². The average molecular weight is 734 g/mol. The molecule has 0 radical (unpaired) electrons. The molecule has 0 spiro atoms. The van der Waals surface area contributed by atoms with Crippen molar-refractivity contribution < 1.29 is 18.4 Å². The number of unbranched alkanes of at least 4 members (excludes halogenated alkanes) is 24. The lowest BCUT2D eigenvalue weighted by Crippen LogP contribution is -2.42. The molecule has 0 amide bonds. The highest BCUT2D eigenvalue weighted by Gasteiger charge is 2.38. The number of rotatable bonds is 38. The molecule has 0 aromatic rings. The summed E-state index contributed by atoms with van der Waals surface area (Å²) < 4.78 is 11.9. The van der Waals surface area contributed by atoms with Gasteiger partial charge in [0, 0.05) is 31.2 Å². The van der Waals surface area contributed by atoms with E-state index in [0.717, 1.165) is 76.4 Å². The van der Waals surface area contributed by atoms with Gasteiger partial charge < -0.3 is 8.85 Å². The Bertz CT molecular complexity index is 817. The van der Waals surface area contributed by atoms with Gasteiger partial charge in [-0.1, -0.05) is 147 Å². The van der Waals surface area contributed by atoms with Crippen molar-refractivity contribution in [3.63, 3.8) is 0 Å². The summed E-state index contributed by atoms with van der Waals surface area (Å²) in [5, 5.41) is 10.9. The Hall–Kier alpha value is -1.52. The van der Waals surface area contributed by atoms with Crippen LogP contribution < -0.4 is 0 Å². The van der Waals surface area contributed by atoms with Crippen molar-refractivity contribution in [2.75, 3.05) is 5.75 Å². The molecule has 0 fully saturated rings. The summed E-state index contributed by atoms with van der Waals surface area (Å²) in [4.78, 5) is 25.6. The zero-order valence-electron chi connectivity index (χ0n) is 33.1. The smallest absolute Gasteiger partial charge is 0.461 e. The molecule has 290 valence electrons. The second kappa shape index (κ2) is 38.7. The molecule has 0 heterocycles. The molecule has 0 aromatic carbocycles. The molecule has 0 rings (SSSR count). The van der Waals surface area contributed by atoms with E-state index in [4.69, 9.17) is 14.1 Å². The minimum absolute atomic E-state index is 0.217. The SMILES string of the molecule is CCCCCCCC/C=C\CCCCCCCC(=O)O[Si](C)(CCCCCSC#N)OC(=O)CCCCCCC/C=C\CCCCCCCC. The van der Waals surface area contributed by atoms with Gasteiger partial charge in [0.2, 0.25) is 0 Å². The molecule has 0 aliphatic heterocycles. The maximum absolute atomic E-state index is 12.8. The van der Waals surface area contributed by atoms with E-state index < -0.39 is 8.56 Å². The van der Waals surface area contributed by atoms with Crippen LogP contribution in [0.2, 0.25) is 12.6 Å². The predicted molar refractivity (Wildman–Crippen MR) is 219 cm³/mol. The summed E-state index contributed by atoms with van der Waals surface area (Å²) in [6.07, 6.45) is 44.7. The van der Waals surface area contributed by atoms with Crippen molar-refractivity contribution in [2.24, 2.45) is 0 Å². The van der Waals surface area contributed by atoms with Gasteiger partial charge in [0.1, 0.15) is 5.40 Å². The van der Waals surface area contributed by atoms with Gasteiger partial charge in [-0.3, -0.25) is 9.59 Å². The fraction of sp³-hybridized carbons (Fsp3) is 0.837. The molecular weight excluding hydrogens is 655 g/mol. The molecule has 0 saturated heterocycles. The number of carbonyl (C=O) groups is 2. The van der Waals surface area contributed by atoms with Gasteiger partial charge in [0.05, 0.1) is 0 Å². The highest BCUT2D eigenvalue weighted by Crippen LogP contribution is 2.22. The van der Waals surface area contributed by atoms with Gasteiger partial charge in [-0.15, -0.1) is 0 Å². The number of hydrogen-bond acceptors (Lipinski definition) is 6. The van der Waals surface area contributed by atoms with Gasteiger partial charge in [-0.25, -0.2) is 0 Å². The Morgan fingerprint density at radius 2 is 0.860 bits per heavy atom. The van der Waals surface area contributed by atoms with Crippen LogP contribution in [0.5, 0.6) is 0 Å². The maximum atomic E-state index is 12.8. The molecule has 0 aromatic heterocycles. The molecule has 0 saturated carbocycles. The zero-order chi connectivity index (χ0) is 36.6. The zero-order valence-corrected chi connectivity index (χ0v) is 34.9. The van der Waals surface area contributed by atoms with Crippen LogP contribution in [0.25, 0.3) is 0 Å². The number of thiocyanates is 1. The minimum atomic E-state index is -2.95. The molecule has 0 aliphatic rings. The molecule has 0 bridgehead atoms. The van der Waals surface area contributed by atoms with Crippen molar-refractivity contribution in [3.8, 4) is 5.40 Å². The molecule has 7 heteroatoms. The molecule has 0 unspecified atom stereocenters. The second-order valence-corrected chi connectivity index (χ2v) is 18.6. The number of allylic oxidation sites excluding steroid dienone is 4. The summed E-state index contributed by atoms with van der Waals surface area (Å²) in [5.41, 5.74) is 0. The summed E-state index contributed by atoms with van der Waals surface area (Å²) in [6.45, 7) is 6.41. The number of thioether (sulfide) groups is 1. The first-order chi connectivity index (χ1) is 24.5. The van der Waals surface area contributed by atoms with Crippen molar-refractivity contribution >= 4 is 32.3 Å². The summed E-state index contributed by atoms with van der Waals surface area (Å²) in [6, 6.07) is 0.625. The minimum Gasteiger partial charge on any atom is -0.485 e. The summed E-state index contributed by atoms with van der Waals surface area (Å²) in [7, 11) is -2.95. The third-order valence-corrected chi connectivity index (χ3v) is 12.6. The van der Waals surface area contributed by atoms with Gasteiger partial charge in [-0.05, 0) is 88.8 Å².